The molecule has 0 spiro atoms. The van der Waals surface area contributed by atoms with Gasteiger partial charge in [0.1, 0.15) is 0 Å². The lowest BCUT2D eigenvalue weighted by Gasteiger charge is -2.28. The summed E-state index contributed by atoms with van der Waals surface area (Å²) in [6, 6.07) is 8.80. The molecule has 4 rings (SSSR count). The van der Waals surface area contributed by atoms with Gasteiger partial charge in [0.15, 0.2) is 0 Å². The zero-order valence-corrected chi connectivity index (χ0v) is 13.9. The number of nitrogens with zero attached hydrogens (tertiary/aromatic N) is 1. The molecule has 0 radical (unpaired) electrons. The first-order valence-corrected chi connectivity index (χ1v) is 8.54. The van der Waals surface area contributed by atoms with Gasteiger partial charge in [-0.25, -0.2) is 4.79 Å². The molecule has 1 heterocycles. The van der Waals surface area contributed by atoms with Crippen molar-refractivity contribution in [1.29, 1.82) is 0 Å². The predicted molar refractivity (Wildman–Crippen MR) is 89.2 cm³/mol. The molecule has 1 aliphatic heterocycles. The minimum absolute atomic E-state index is 0.118. The van der Waals surface area contributed by atoms with E-state index in [4.69, 9.17) is 0 Å². The van der Waals surface area contributed by atoms with Crippen molar-refractivity contribution in [2.75, 3.05) is 13.7 Å². The zero-order valence-electron chi connectivity index (χ0n) is 13.9. The Bertz CT molecular complexity index is 715. The molecule has 3 amide bonds. The number of hydrogen-bond donors (Lipinski definition) is 1. The molecule has 5 atom stereocenters. The third-order valence-corrected chi connectivity index (χ3v) is 5.63. The molecule has 6 nitrogen and oxygen atoms in total. The number of imide groups is 1. The van der Waals surface area contributed by atoms with Crippen molar-refractivity contribution in [2.45, 2.75) is 12.5 Å². The van der Waals surface area contributed by atoms with E-state index in [0.717, 1.165) is 12.0 Å². The molecule has 1 aromatic rings. The van der Waals surface area contributed by atoms with Crippen LogP contribution in [-0.4, -0.2) is 36.5 Å². The van der Waals surface area contributed by atoms with Crippen molar-refractivity contribution in [1.82, 2.24) is 10.2 Å². The highest BCUT2D eigenvalue weighted by Crippen LogP contribution is 2.53. The van der Waals surface area contributed by atoms with Crippen LogP contribution < -0.4 is 5.32 Å². The molecule has 2 fully saturated rings. The first-order valence-electron chi connectivity index (χ1n) is 8.54. The van der Waals surface area contributed by atoms with E-state index < -0.39 is 12.1 Å². The molecule has 5 unspecified atom stereocenters. The van der Waals surface area contributed by atoms with Crippen LogP contribution >= 0.6 is 0 Å². The molecule has 1 N–H and O–H groups in total. The first-order chi connectivity index (χ1) is 12.1. The Hall–Kier alpha value is -2.63. The van der Waals surface area contributed by atoms with Crippen molar-refractivity contribution in [2.24, 2.45) is 23.7 Å². The van der Waals surface area contributed by atoms with Crippen molar-refractivity contribution in [3.8, 4) is 0 Å². The average molecular weight is 340 g/mol. The minimum atomic E-state index is -0.582. The maximum Gasteiger partial charge on any atom is 0.406 e. The molecule has 1 saturated carbocycles. The Kier molecular flexibility index (Phi) is 3.82. The van der Waals surface area contributed by atoms with Gasteiger partial charge in [0.25, 0.3) is 0 Å². The summed E-state index contributed by atoms with van der Waals surface area (Å²) in [5.41, 5.74) is 0.820. The Morgan fingerprint density at radius 1 is 1.16 bits per heavy atom. The summed E-state index contributed by atoms with van der Waals surface area (Å²) in [7, 11) is 1.28. The van der Waals surface area contributed by atoms with E-state index in [1.165, 1.54) is 12.0 Å². The van der Waals surface area contributed by atoms with Crippen molar-refractivity contribution in [3.63, 3.8) is 0 Å². The quantitative estimate of drug-likeness (QED) is 0.671. The largest absolute Gasteiger partial charge is 0.453 e. The molecular weight excluding hydrogens is 320 g/mol. The number of benzene rings is 1. The van der Waals surface area contributed by atoms with Crippen molar-refractivity contribution >= 4 is 17.9 Å². The summed E-state index contributed by atoms with van der Waals surface area (Å²) in [4.78, 5) is 39.0. The second kappa shape index (κ2) is 6.02. The Labute approximate surface area is 145 Å². The lowest BCUT2D eigenvalue weighted by Crippen LogP contribution is -2.42. The summed E-state index contributed by atoms with van der Waals surface area (Å²) < 4.78 is 4.62. The van der Waals surface area contributed by atoms with Crippen LogP contribution in [0.1, 0.15) is 18.0 Å². The fourth-order valence-electron chi connectivity index (χ4n) is 4.52. The Morgan fingerprint density at radius 3 is 2.32 bits per heavy atom. The average Bonchev–Trinajstić information content (AvgIpc) is 3.31. The molecule has 6 heteroatoms. The number of ether oxygens (including phenoxy) is 1. The van der Waals surface area contributed by atoms with Crippen LogP contribution in [0.15, 0.2) is 42.5 Å². The number of fused-ring (bicyclic) bond motifs is 5. The number of nitrogens with one attached hydrogen (secondary N) is 1. The first kappa shape index (κ1) is 15.9. The summed E-state index contributed by atoms with van der Waals surface area (Å²) in [6.45, 7) is 0.135. The maximum atomic E-state index is 13.0. The summed E-state index contributed by atoms with van der Waals surface area (Å²) in [6.07, 6.45) is 4.47. The van der Waals surface area contributed by atoms with Gasteiger partial charge in [0, 0.05) is 6.54 Å². The lowest BCUT2D eigenvalue weighted by atomic mass is 9.85. The van der Waals surface area contributed by atoms with Crippen LogP contribution in [0, 0.1) is 23.7 Å². The van der Waals surface area contributed by atoms with Crippen molar-refractivity contribution in [3.05, 3.63) is 48.0 Å². The van der Waals surface area contributed by atoms with Gasteiger partial charge in [-0.15, -0.1) is 0 Å². The number of carbonyl (C=O) groups excluding carboxylic acids is 3. The second-order valence-corrected chi connectivity index (χ2v) is 6.85. The van der Waals surface area contributed by atoms with Crippen LogP contribution in [0.25, 0.3) is 0 Å². The fourth-order valence-corrected chi connectivity index (χ4v) is 4.52. The molecule has 2 bridgehead atoms. The van der Waals surface area contributed by atoms with E-state index in [2.05, 4.69) is 22.2 Å². The summed E-state index contributed by atoms with van der Waals surface area (Å²) in [5, 5.41) is 2.63. The fraction of sp³-hybridized carbons (Fsp3) is 0.421. The van der Waals surface area contributed by atoms with E-state index >= 15 is 0 Å². The molecule has 25 heavy (non-hydrogen) atoms. The number of allylic oxidation sites excluding steroid dienone is 2. The van der Waals surface area contributed by atoms with Crippen LogP contribution in [0.3, 0.4) is 0 Å². The Balaban J connectivity index is 1.64. The highest BCUT2D eigenvalue weighted by atomic mass is 16.5. The van der Waals surface area contributed by atoms with Crippen LogP contribution in [0.2, 0.25) is 0 Å². The van der Waals surface area contributed by atoms with E-state index in [9.17, 15) is 14.4 Å². The maximum absolute atomic E-state index is 13.0. The molecule has 0 aromatic heterocycles. The topological polar surface area (TPSA) is 75.7 Å². The van der Waals surface area contributed by atoms with Gasteiger partial charge in [-0.1, -0.05) is 42.5 Å². The van der Waals surface area contributed by atoms with Gasteiger partial charge >= 0.3 is 6.09 Å². The van der Waals surface area contributed by atoms with E-state index in [-0.39, 0.29) is 42.0 Å². The summed E-state index contributed by atoms with van der Waals surface area (Å²) in [5.74, 6) is -0.388. The number of amides is 3. The van der Waals surface area contributed by atoms with Gasteiger partial charge in [-0.3, -0.25) is 14.5 Å². The highest BCUT2D eigenvalue weighted by molar-refractivity contribution is 6.06. The number of hydrogen-bond acceptors (Lipinski definition) is 4. The standard InChI is InChI=1S/C19H20N2O4/c1-25-19(24)20-10-14(11-5-3-2-4-6-11)21-17(22)15-12-7-8-13(9-12)16(15)18(21)23/h2-8,12-16H,9-10H2,1H3,(H,20,24). The molecule has 1 aromatic carbocycles. The number of methoxy groups -OCH3 is 1. The van der Waals surface area contributed by atoms with Gasteiger partial charge in [-0.05, 0) is 23.8 Å². The monoisotopic (exact) mass is 340 g/mol. The van der Waals surface area contributed by atoms with Crippen LogP contribution in [0.5, 0.6) is 0 Å². The number of likely N-dealkylation sites (tertiary alicyclic amines) is 1. The van der Waals surface area contributed by atoms with Crippen LogP contribution in [-0.2, 0) is 14.3 Å². The minimum Gasteiger partial charge on any atom is -0.453 e. The Morgan fingerprint density at radius 2 is 1.76 bits per heavy atom. The van der Waals surface area contributed by atoms with Gasteiger partial charge < -0.3 is 10.1 Å². The molecule has 2 aliphatic carbocycles. The van der Waals surface area contributed by atoms with Gasteiger partial charge in [0.2, 0.25) is 11.8 Å². The normalized spacial score (nSPS) is 30.5. The van der Waals surface area contributed by atoms with E-state index in [1.54, 1.807) is 0 Å². The number of alkyl carbamates (subject to hydrolysis) is 1. The number of carbonyl (C=O) groups is 3. The van der Waals surface area contributed by atoms with Crippen LogP contribution in [0.4, 0.5) is 4.79 Å². The third-order valence-electron chi connectivity index (χ3n) is 5.63. The predicted octanol–water partition coefficient (Wildman–Crippen LogP) is 1.89. The van der Waals surface area contributed by atoms with E-state index in [0.29, 0.717) is 0 Å². The number of rotatable bonds is 4. The molecular formula is C19H20N2O4. The smallest absolute Gasteiger partial charge is 0.406 e. The summed E-state index contributed by atoms with van der Waals surface area (Å²) >= 11 is 0. The highest BCUT2D eigenvalue weighted by Gasteiger charge is 2.60. The van der Waals surface area contributed by atoms with Crippen molar-refractivity contribution < 1.29 is 19.1 Å². The third kappa shape index (κ3) is 2.44. The molecule has 130 valence electrons. The molecule has 3 aliphatic rings. The SMILES string of the molecule is COC(=O)NCC(c1ccccc1)N1C(=O)C2C3C=CC(C3)C2C1=O. The lowest BCUT2D eigenvalue weighted by molar-refractivity contribution is -0.143. The molecule has 1 saturated heterocycles. The second-order valence-electron chi connectivity index (χ2n) is 6.85. The van der Waals surface area contributed by atoms with Gasteiger partial charge in [0.05, 0.1) is 25.0 Å². The van der Waals surface area contributed by atoms with E-state index in [1.807, 2.05) is 30.3 Å². The zero-order chi connectivity index (χ0) is 17.6. The van der Waals surface area contributed by atoms with Gasteiger partial charge in [-0.2, -0.15) is 0 Å².